The number of hydrogen-bond acceptors (Lipinski definition) is 4. The van der Waals surface area contributed by atoms with E-state index >= 15 is 0 Å². The van der Waals surface area contributed by atoms with E-state index in [1.54, 1.807) is 12.1 Å². The summed E-state index contributed by atoms with van der Waals surface area (Å²) in [6.45, 7) is 2.45. The molecule has 0 spiro atoms. The number of nitrogens with zero attached hydrogens (tertiary/aromatic N) is 1. The Labute approximate surface area is 128 Å². The van der Waals surface area contributed by atoms with Crippen molar-refractivity contribution in [3.8, 4) is 6.07 Å². The van der Waals surface area contributed by atoms with Gasteiger partial charge in [-0.15, -0.1) is 0 Å². The maximum atomic E-state index is 13.4. The molecule has 0 radical (unpaired) electrons. The van der Waals surface area contributed by atoms with Gasteiger partial charge in [0.1, 0.15) is 0 Å². The van der Waals surface area contributed by atoms with E-state index in [0.29, 0.717) is 12.1 Å². The fourth-order valence-corrected chi connectivity index (χ4v) is 1.49. The topological polar surface area (TPSA) is 85.2 Å². The summed E-state index contributed by atoms with van der Waals surface area (Å²) in [4.78, 5) is 10.6. The lowest BCUT2D eigenvalue weighted by molar-refractivity contribution is 0.0692. The SMILES string of the molecule is CCNNc1cccc(C(=O)O)c1F.N#Cc1ccccc1. The summed E-state index contributed by atoms with van der Waals surface area (Å²) < 4.78 is 13.4. The van der Waals surface area contributed by atoms with E-state index in [2.05, 4.69) is 10.9 Å². The molecule has 0 heterocycles. The Hall–Kier alpha value is -2.91. The molecule has 0 fully saturated rings. The van der Waals surface area contributed by atoms with Gasteiger partial charge in [-0.3, -0.25) is 0 Å². The number of hydrogen-bond donors (Lipinski definition) is 3. The van der Waals surface area contributed by atoms with Gasteiger partial charge in [-0.1, -0.05) is 31.2 Å². The van der Waals surface area contributed by atoms with Crippen LogP contribution in [0.5, 0.6) is 0 Å². The van der Waals surface area contributed by atoms with Crippen LogP contribution >= 0.6 is 0 Å². The molecule has 5 nitrogen and oxygen atoms in total. The summed E-state index contributed by atoms with van der Waals surface area (Å²) in [7, 11) is 0. The fourth-order valence-electron chi connectivity index (χ4n) is 1.49. The van der Waals surface area contributed by atoms with Crippen LogP contribution in [0.2, 0.25) is 0 Å². The molecule has 0 atom stereocenters. The highest BCUT2D eigenvalue weighted by Gasteiger charge is 2.12. The lowest BCUT2D eigenvalue weighted by Gasteiger charge is -2.08. The van der Waals surface area contributed by atoms with Gasteiger partial charge in [0.2, 0.25) is 0 Å². The first kappa shape index (κ1) is 17.1. The second kappa shape index (κ2) is 9.10. The van der Waals surface area contributed by atoms with Crippen LogP contribution in [0, 0.1) is 17.1 Å². The summed E-state index contributed by atoms with van der Waals surface area (Å²) in [6, 6.07) is 15.3. The van der Waals surface area contributed by atoms with E-state index in [1.807, 2.05) is 31.2 Å². The maximum Gasteiger partial charge on any atom is 0.338 e. The minimum Gasteiger partial charge on any atom is -0.478 e. The van der Waals surface area contributed by atoms with Gasteiger partial charge in [0.25, 0.3) is 0 Å². The molecule has 0 aliphatic rings. The van der Waals surface area contributed by atoms with Crippen molar-refractivity contribution in [3.63, 3.8) is 0 Å². The van der Waals surface area contributed by atoms with Crippen molar-refractivity contribution in [3.05, 3.63) is 65.5 Å². The Morgan fingerprint density at radius 3 is 2.41 bits per heavy atom. The molecule has 114 valence electrons. The Morgan fingerprint density at radius 2 is 1.91 bits per heavy atom. The van der Waals surface area contributed by atoms with Gasteiger partial charge in [0.05, 0.1) is 22.9 Å². The van der Waals surface area contributed by atoms with Gasteiger partial charge in [0.15, 0.2) is 5.82 Å². The molecule has 6 heteroatoms. The van der Waals surface area contributed by atoms with Crippen molar-refractivity contribution >= 4 is 11.7 Å². The summed E-state index contributed by atoms with van der Waals surface area (Å²) >= 11 is 0. The number of nitriles is 1. The number of carboxylic acids is 1. The lowest BCUT2D eigenvalue weighted by atomic mass is 10.2. The number of halogens is 1. The minimum atomic E-state index is -1.28. The number of carboxylic acid groups (broad SMARTS) is 1. The van der Waals surface area contributed by atoms with Gasteiger partial charge in [-0.2, -0.15) is 5.26 Å². The van der Waals surface area contributed by atoms with Crippen molar-refractivity contribution < 1.29 is 14.3 Å². The first-order valence-corrected chi connectivity index (χ1v) is 6.56. The van der Waals surface area contributed by atoms with E-state index in [4.69, 9.17) is 10.4 Å². The molecule has 2 rings (SSSR count). The van der Waals surface area contributed by atoms with Crippen LogP contribution in [0.15, 0.2) is 48.5 Å². The number of rotatable bonds is 4. The lowest BCUT2D eigenvalue weighted by Crippen LogP contribution is -2.22. The average Bonchev–Trinajstić information content (AvgIpc) is 2.55. The monoisotopic (exact) mass is 301 g/mol. The van der Waals surface area contributed by atoms with E-state index < -0.39 is 11.8 Å². The molecular weight excluding hydrogens is 285 g/mol. The van der Waals surface area contributed by atoms with Crippen LogP contribution in [0.3, 0.4) is 0 Å². The number of aromatic carboxylic acids is 1. The Morgan fingerprint density at radius 1 is 1.23 bits per heavy atom. The normalized spacial score (nSPS) is 9.14. The molecule has 0 saturated heterocycles. The van der Waals surface area contributed by atoms with Crippen LogP contribution in [-0.2, 0) is 0 Å². The highest BCUT2D eigenvalue weighted by Crippen LogP contribution is 2.16. The van der Waals surface area contributed by atoms with Crippen molar-refractivity contribution in [1.82, 2.24) is 5.43 Å². The molecule has 0 aliphatic carbocycles. The number of hydrazine groups is 1. The zero-order chi connectivity index (χ0) is 16.4. The predicted molar refractivity (Wildman–Crippen MR) is 81.8 cm³/mol. The highest BCUT2D eigenvalue weighted by molar-refractivity contribution is 5.89. The van der Waals surface area contributed by atoms with Gasteiger partial charge >= 0.3 is 5.97 Å². The summed E-state index contributed by atoms with van der Waals surface area (Å²) in [5.74, 6) is -2.04. The minimum absolute atomic E-state index is 0.131. The molecule has 22 heavy (non-hydrogen) atoms. The Balaban J connectivity index is 0.000000255. The van der Waals surface area contributed by atoms with Crippen LogP contribution in [-0.4, -0.2) is 17.6 Å². The van der Waals surface area contributed by atoms with Gasteiger partial charge < -0.3 is 10.5 Å². The van der Waals surface area contributed by atoms with Gasteiger partial charge in [0, 0.05) is 6.54 Å². The zero-order valence-electron chi connectivity index (χ0n) is 12.0. The van der Waals surface area contributed by atoms with Crippen LogP contribution < -0.4 is 10.9 Å². The molecule has 0 amide bonds. The molecule has 2 aromatic carbocycles. The molecule has 3 N–H and O–H groups in total. The van der Waals surface area contributed by atoms with Crippen LogP contribution in [0.1, 0.15) is 22.8 Å². The Kier molecular flexibility index (Phi) is 7.09. The molecule has 0 unspecified atom stereocenters. The quantitative estimate of drug-likeness (QED) is 0.756. The summed E-state index contributed by atoms with van der Waals surface area (Å²) in [5, 5.41) is 16.9. The molecule has 0 aromatic heterocycles. The smallest absolute Gasteiger partial charge is 0.338 e. The first-order chi connectivity index (χ1) is 10.6. The number of benzene rings is 2. The average molecular weight is 301 g/mol. The fraction of sp³-hybridized carbons (Fsp3) is 0.125. The second-order valence-corrected chi connectivity index (χ2v) is 4.11. The first-order valence-electron chi connectivity index (χ1n) is 6.56. The van der Waals surface area contributed by atoms with Crippen molar-refractivity contribution in [2.24, 2.45) is 0 Å². The third kappa shape index (κ3) is 5.23. The third-order valence-corrected chi connectivity index (χ3v) is 2.53. The maximum absolute atomic E-state index is 13.4. The zero-order valence-corrected chi connectivity index (χ0v) is 12.0. The van der Waals surface area contributed by atoms with Gasteiger partial charge in [-0.25, -0.2) is 14.6 Å². The molecule has 0 bridgehead atoms. The molecule has 0 saturated carbocycles. The van der Waals surface area contributed by atoms with Crippen molar-refractivity contribution in [2.45, 2.75) is 6.92 Å². The third-order valence-electron chi connectivity index (χ3n) is 2.53. The van der Waals surface area contributed by atoms with Crippen molar-refractivity contribution in [1.29, 1.82) is 5.26 Å². The largest absolute Gasteiger partial charge is 0.478 e. The van der Waals surface area contributed by atoms with Crippen LogP contribution in [0.25, 0.3) is 0 Å². The molecular formula is C16H16FN3O2. The van der Waals surface area contributed by atoms with E-state index in [1.165, 1.54) is 18.2 Å². The predicted octanol–water partition coefficient (Wildman–Crippen LogP) is 3.02. The number of nitrogens with one attached hydrogen (secondary N) is 2. The van der Waals surface area contributed by atoms with E-state index in [0.717, 1.165) is 0 Å². The van der Waals surface area contributed by atoms with Crippen molar-refractivity contribution in [2.75, 3.05) is 12.0 Å². The van der Waals surface area contributed by atoms with Crippen LogP contribution in [0.4, 0.5) is 10.1 Å². The highest BCUT2D eigenvalue weighted by atomic mass is 19.1. The molecule has 0 aliphatic heterocycles. The standard InChI is InChI=1S/C9H11FN2O2.C7H5N/c1-2-11-12-7-5-3-4-6(8(7)10)9(13)14;8-6-7-4-2-1-3-5-7/h3-5,11-12H,2H2,1H3,(H,13,14);1-5H. The van der Waals surface area contributed by atoms with Gasteiger partial charge in [-0.05, 0) is 24.3 Å². The summed E-state index contributed by atoms with van der Waals surface area (Å²) in [6.07, 6.45) is 0. The van der Waals surface area contributed by atoms with E-state index in [-0.39, 0.29) is 11.3 Å². The number of carbonyl (C=O) groups is 1. The molecule has 2 aromatic rings. The summed E-state index contributed by atoms with van der Waals surface area (Å²) in [5.41, 5.74) is 5.76. The Bertz CT molecular complexity index is 654. The van der Waals surface area contributed by atoms with E-state index in [9.17, 15) is 9.18 Å². The number of anilines is 1. The second-order valence-electron chi connectivity index (χ2n) is 4.11.